The summed E-state index contributed by atoms with van der Waals surface area (Å²) in [5, 5.41) is 0. The Morgan fingerprint density at radius 3 is 2.25 bits per heavy atom. The van der Waals surface area contributed by atoms with E-state index in [1.165, 1.54) is 12.0 Å². The van der Waals surface area contributed by atoms with E-state index in [4.69, 9.17) is 0 Å². The molecule has 0 bridgehead atoms. The Morgan fingerprint density at radius 2 is 1.62 bits per heavy atom. The van der Waals surface area contributed by atoms with Crippen LogP contribution in [0, 0.1) is 0 Å². The van der Waals surface area contributed by atoms with Gasteiger partial charge in [-0.1, -0.05) is 45.0 Å². The Labute approximate surface area is 144 Å². The first-order valence-corrected chi connectivity index (χ1v) is 8.80. The first kappa shape index (κ1) is 16.7. The molecule has 3 heteroatoms. The first-order valence-electron chi connectivity index (χ1n) is 8.80. The van der Waals surface area contributed by atoms with Crippen molar-refractivity contribution in [3.8, 4) is 11.1 Å². The van der Waals surface area contributed by atoms with Gasteiger partial charge in [0.05, 0.1) is 5.56 Å². The second-order valence-corrected chi connectivity index (χ2v) is 7.64. The van der Waals surface area contributed by atoms with E-state index in [1.807, 2.05) is 17.2 Å². The van der Waals surface area contributed by atoms with Crippen LogP contribution in [0.1, 0.15) is 56.0 Å². The number of piperidine rings is 1. The second-order valence-electron chi connectivity index (χ2n) is 7.64. The fourth-order valence-corrected chi connectivity index (χ4v) is 3.16. The highest BCUT2D eigenvalue weighted by molar-refractivity contribution is 5.95. The third-order valence-electron chi connectivity index (χ3n) is 4.71. The molecule has 0 radical (unpaired) electrons. The molecule has 0 aliphatic carbocycles. The van der Waals surface area contributed by atoms with Crippen molar-refractivity contribution in [3.05, 3.63) is 53.9 Å². The van der Waals surface area contributed by atoms with E-state index < -0.39 is 0 Å². The maximum Gasteiger partial charge on any atom is 0.255 e. The van der Waals surface area contributed by atoms with Crippen molar-refractivity contribution >= 4 is 5.91 Å². The number of aromatic nitrogens is 1. The zero-order valence-corrected chi connectivity index (χ0v) is 14.9. The summed E-state index contributed by atoms with van der Waals surface area (Å²) in [7, 11) is 0. The molecule has 3 rings (SSSR count). The molecule has 0 saturated carbocycles. The number of nitrogens with zero attached hydrogens (tertiary/aromatic N) is 2. The first-order chi connectivity index (χ1) is 11.4. The van der Waals surface area contributed by atoms with E-state index in [9.17, 15) is 4.79 Å². The molecule has 1 saturated heterocycles. The van der Waals surface area contributed by atoms with Gasteiger partial charge in [0.2, 0.25) is 0 Å². The van der Waals surface area contributed by atoms with Gasteiger partial charge in [-0.2, -0.15) is 0 Å². The van der Waals surface area contributed by atoms with E-state index in [2.05, 4.69) is 50.0 Å². The van der Waals surface area contributed by atoms with Crippen molar-refractivity contribution in [2.24, 2.45) is 0 Å². The molecular formula is C21H26N2O. The Hall–Kier alpha value is -2.16. The Balaban J connectivity index is 1.83. The predicted octanol–water partition coefficient (Wildman–Crippen LogP) is 4.67. The van der Waals surface area contributed by atoms with Gasteiger partial charge in [-0.15, -0.1) is 0 Å². The van der Waals surface area contributed by atoms with Gasteiger partial charge in [0.1, 0.15) is 0 Å². The van der Waals surface area contributed by atoms with E-state index >= 15 is 0 Å². The van der Waals surface area contributed by atoms with E-state index in [0.717, 1.165) is 37.1 Å². The number of carbonyl (C=O) groups is 1. The average Bonchev–Trinajstić information content (AvgIpc) is 2.61. The van der Waals surface area contributed by atoms with E-state index in [0.29, 0.717) is 5.56 Å². The zero-order valence-electron chi connectivity index (χ0n) is 14.9. The van der Waals surface area contributed by atoms with Gasteiger partial charge in [0.25, 0.3) is 5.91 Å². The van der Waals surface area contributed by atoms with Crippen LogP contribution in [0.4, 0.5) is 0 Å². The molecule has 2 aromatic rings. The molecule has 0 atom stereocenters. The fourth-order valence-electron chi connectivity index (χ4n) is 3.16. The monoisotopic (exact) mass is 322 g/mol. The highest BCUT2D eigenvalue weighted by Crippen LogP contribution is 2.26. The van der Waals surface area contributed by atoms with E-state index in [-0.39, 0.29) is 11.3 Å². The summed E-state index contributed by atoms with van der Waals surface area (Å²) in [4.78, 5) is 18.9. The van der Waals surface area contributed by atoms with E-state index in [1.54, 1.807) is 6.20 Å². The fraction of sp³-hybridized carbons (Fsp3) is 0.429. The molecule has 24 heavy (non-hydrogen) atoms. The number of hydrogen-bond donors (Lipinski definition) is 0. The third-order valence-corrected chi connectivity index (χ3v) is 4.71. The lowest BCUT2D eigenvalue weighted by atomic mass is 9.86. The molecule has 0 N–H and O–H groups in total. The minimum absolute atomic E-state index is 0.107. The minimum Gasteiger partial charge on any atom is -0.339 e. The zero-order chi connectivity index (χ0) is 17.2. The number of rotatable bonds is 2. The summed E-state index contributed by atoms with van der Waals surface area (Å²) in [6, 6.07) is 10.5. The standard InChI is InChI=1S/C21H26N2O/c1-21(2,3)19-9-7-16(8-10-19)17-13-18(15-22-14-17)20(24)23-11-5-4-6-12-23/h7-10,13-15H,4-6,11-12H2,1-3H3. The predicted molar refractivity (Wildman–Crippen MR) is 98.1 cm³/mol. The van der Waals surface area contributed by atoms with Gasteiger partial charge in [-0.3, -0.25) is 9.78 Å². The number of amides is 1. The quantitative estimate of drug-likeness (QED) is 0.805. The van der Waals surface area contributed by atoms with Gasteiger partial charge >= 0.3 is 0 Å². The van der Waals surface area contributed by atoms with Gasteiger partial charge in [-0.05, 0) is 41.9 Å². The maximum atomic E-state index is 12.7. The largest absolute Gasteiger partial charge is 0.339 e. The highest BCUT2D eigenvalue weighted by Gasteiger charge is 2.19. The summed E-state index contributed by atoms with van der Waals surface area (Å²) in [5.41, 5.74) is 4.24. The van der Waals surface area contributed by atoms with Crippen LogP contribution in [-0.2, 0) is 5.41 Å². The molecule has 1 aliphatic heterocycles. The average molecular weight is 322 g/mol. The van der Waals surface area contributed by atoms with Crippen LogP contribution >= 0.6 is 0 Å². The lowest BCUT2D eigenvalue weighted by Crippen LogP contribution is -2.35. The Morgan fingerprint density at radius 1 is 0.958 bits per heavy atom. The van der Waals surface area contributed by atoms with Crippen LogP contribution in [0.3, 0.4) is 0 Å². The number of hydrogen-bond acceptors (Lipinski definition) is 2. The lowest BCUT2D eigenvalue weighted by molar-refractivity contribution is 0.0724. The number of likely N-dealkylation sites (tertiary alicyclic amines) is 1. The summed E-state index contributed by atoms with van der Waals surface area (Å²) in [6.07, 6.45) is 6.95. The molecule has 0 spiro atoms. The van der Waals surface area contributed by atoms with Crippen LogP contribution in [0.5, 0.6) is 0 Å². The maximum absolute atomic E-state index is 12.7. The van der Waals surface area contributed by atoms with Crippen molar-refractivity contribution in [1.82, 2.24) is 9.88 Å². The number of pyridine rings is 1. The normalized spacial score (nSPS) is 15.4. The second kappa shape index (κ2) is 6.76. The molecule has 1 aromatic heterocycles. The van der Waals surface area contributed by atoms with Crippen LogP contribution in [0.2, 0.25) is 0 Å². The van der Waals surface area contributed by atoms with Crippen molar-refractivity contribution < 1.29 is 4.79 Å². The van der Waals surface area contributed by atoms with Crippen molar-refractivity contribution in [1.29, 1.82) is 0 Å². The van der Waals surface area contributed by atoms with Gasteiger partial charge in [-0.25, -0.2) is 0 Å². The molecule has 1 amide bonds. The topological polar surface area (TPSA) is 33.2 Å². The molecule has 3 nitrogen and oxygen atoms in total. The molecule has 1 aromatic carbocycles. The summed E-state index contributed by atoms with van der Waals surface area (Å²) in [6.45, 7) is 8.36. The van der Waals surface area contributed by atoms with Crippen LogP contribution in [0.15, 0.2) is 42.7 Å². The summed E-state index contributed by atoms with van der Waals surface area (Å²) < 4.78 is 0. The summed E-state index contributed by atoms with van der Waals surface area (Å²) in [5.74, 6) is 0.107. The Kier molecular flexibility index (Phi) is 4.70. The van der Waals surface area contributed by atoms with Crippen molar-refractivity contribution in [2.75, 3.05) is 13.1 Å². The number of carbonyl (C=O) groups excluding carboxylic acids is 1. The smallest absolute Gasteiger partial charge is 0.255 e. The SMILES string of the molecule is CC(C)(C)c1ccc(-c2cncc(C(=O)N3CCCCC3)c2)cc1. The number of benzene rings is 1. The highest BCUT2D eigenvalue weighted by atomic mass is 16.2. The third kappa shape index (κ3) is 3.66. The summed E-state index contributed by atoms with van der Waals surface area (Å²) >= 11 is 0. The lowest BCUT2D eigenvalue weighted by Gasteiger charge is -2.26. The molecular weight excluding hydrogens is 296 g/mol. The molecule has 126 valence electrons. The molecule has 1 aliphatic rings. The van der Waals surface area contributed by atoms with Crippen molar-refractivity contribution in [2.45, 2.75) is 45.4 Å². The molecule has 0 unspecified atom stereocenters. The minimum atomic E-state index is 0.107. The Bertz CT molecular complexity index is 707. The van der Waals surface area contributed by atoms with Crippen LogP contribution in [0.25, 0.3) is 11.1 Å². The van der Waals surface area contributed by atoms with Gasteiger partial charge < -0.3 is 4.90 Å². The van der Waals surface area contributed by atoms with Crippen LogP contribution < -0.4 is 0 Å². The van der Waals surface area contributed by atoms with Gasteiger partial charge in [0.15, 0.2) is 0 Å². The van der Waals surface area contributed by atoms with Gasteiger partial charge in [0, 0.05) is 31.0 Å². The molecule has 1 fully saturated rings. The van der Waals surface area contributed by atoms with Crippen LogP contribution in [-0.4, -0.2) is 28.9 Å². The van der Waals surface area contributed by atoms with Crippen molar-refractivity contribution in [3.63, 3.8) is 0 Å². The molecule has 2 heterocycles.